The van der Waals surface area contributed by atoms with Gasteiger partial charge in [-0.25, -0.2) is 0 Å². The molecule has 0 aromatic rings. The van der Waals surface area contributed by atoms with Crippen molar-refractivity contribution in [2.75, 3.05) is 0 Å². The molecule has 0 saturated carbocycles. The highest BCUT2D eigenvalue weighted by atomic mass is 28.3. The number of allylic oxidation sites excluding steroid dienone is 4. The molecule has 1 atom stereocenters. The van der Waals surface area contributed by atoms with Crippen LogP contribution in [0.1, 0.15) is 6.92 Å². The molecule has 1 unspecified atom stereocenters. The molecular weight excluding hydrogens is 136 g/mol. The van der Waals surface area contributed by atoms with Gasteiger partial charge in [-0.3, -0.25) is 0 Å². The zero-order valence-electron chi connectivity index (χ0n) is 7.04. The first-order valence-electron chi connectivity index (χ1n) is 4.07. The van der Waals surface area contributed by atoms with Crippen molar-refractivity contribution in [3.63, 3.8) is 0 Å². The van der Waals surface area contributed by atoms with Crippen molar-refractivity contribution in [3.05, 3.63) is 24.3 Å². The van der Waals surface area contributed by atoms with Crippen LogP contribution < -0.4 is 0 Å². The first-order valence-corrected chi connectivity index (χ1v) is 7.04. The molecule has 0 N–H and O–H groups in total. The van der Waals surface area contributed by atoms with E-state index in [1.807, 2.05) is 0 Å². The Morgan fingerprint density at radius 1 is 1.20 bits per heavy atom. The number of rotatable bonds is 2. The predicted molar refractivity (Wildman–Crippen MR) is 50.1 cm³/mol. The third-order valence-corrected chi connectivity index (χ3v) is 4.98. The van der Waals surface area contributed by atoms with E-state index in [9.17, 15) is 0 Å². The van der Waals surface area contributed by atoms with E-state index in [2.05, 4.69) is 44.3 Å². The molecule has 0 amide bonds. The summed E-state index contributed by atoms with van der Waals surface area (Å²) < 4.78 is 0. The lowest BCUT2D eigenvalue weighted by Gasteiger charge is -2.18. The Morgan fingerprint density at radius 2 is 1.70 bits per heavy atom. The van der Waals surface area contributed by atoms with E-state index in [-0.39, 0.29) is 0 Å². The maximum atomic E-state index is 2.42. The quantitative estimate of drug-likeness (QED) is 0.534. The molecule has 0 saturated heterocycles. The molecule has 10 heavy (non-hydrogen) atoms. The second-order valence-electron chi connectivity index (χ2n) is 3.45. The van der Waals surface area contributed by atoms with E-state index in [0.717, 1.165) is 11.5 Å². The van der Waals surface area contributed by atoms with E-state index in [0.29, 0.717) is 0 Å². The van der Waals surface area contributed by atoms with Crippen LogP contribution in [0.5, 0.6) is 0 Å². The van der Waals surface area contributed by atoms with Crippen molar-refractivity contribution in [1.29, 1.82) is 0 Å². The molecule has 1 aliphatic carbocycles. The summed E-state index contributed by atoms with van der Waals surface area (Å²) >= 11 is 0. The van der Waals surface area contributed by atoms with Gasteiger partial charge < -0.3 is 0 Å². The molecule has 0 bridgehead atoms. The minimum atomic E-state index is -0.420. The second kappa shape index (κ2) is 3.20. The SMILES string of the molecule is CC(C1C=CC=C1)[SiH](C)C. The normalized spacial score (nSPS) is 20.8. The molecule has 1 aliphatic rings. The van der Waals surface area contributed by atoms with Gasteiger partial charge in [0.1, 0.15) is 0 Å². The minimum absolute atomic E-state index is 0.420. The van der Waals surface area contributed by atoms with Crippen LogP contribution >= 0.6 is 0 Å². The highest BCUT2D eigenvalue weighted by Gasteiger charge is 2.16. The lowest BCUT2D eigenvalue weighted by molar-refractivity contribution is 0.763. The number of hydrogen-bond acceptors (Lipinski definition) is 0. The van der Waals surface area contributed by atoms with Gasteiger partial charge in [0.05, 0.1) is 0 Å². The van der Waals surface area contributed by atoms with Gasteiger partial charge in [-0.1, -0.05) is 44.3 Å². The van der Waals surface area contributed by atoms with Crippen molar-refractivity contribution >= 4 is 8.80 Å². The molecule has 0 aliphatic heterocycles. The fourth-order valence-corrected chi connectivity index (χ4v) is 2.39. The Kier molecular flexibility index (Phi) is 2.49. The zero-order valence-corrected chi connectivity index (χ0v) is 8.20. The van der Waals surface area contributed by atoms with Crippen LogP contribution in [0.25, 0.3) is 0 Å². The first-order chi connectivity index (χ1) is 4.72. The summed E-state index contributed by atoms with van der Waals surface area (Å²) in [5, 5.41) is 0. The van der Waals surface area contributed by atoms with Gasteiger partial charge in [-0.15, -0.1) is 0 Å². The van der Waals surface area contributed by atoms with E-state index in [1.54, 1.807) is 0 Å². The van der Waals surface area contributed by atoms with Gasteiger partial charge in [0.25, 0.3) is 0 Å². The topological polar surface area (TPSA) is 0 Å². The smallest absolute Gasteiger partial charge is 0.0344 e. The van der Waals surface area contributed by atoms with Gasteiger partial charge in [-0.05, 0) is 11.5 Å². The highest BCUT2D eigenvalue weighted by molar-refractivity contribution is 6.57. The lowest BCUT2D eigenvalue weighted by Crippen LogP contribution is -2.14. The second-order valence-corrected chi connectivity index (χ2v) is 6.99. The monoisotopic (exact) mass is 152 g/mol. The molecule has 0 aromatic carbocycles. The molecule has 0 radical (unpaired) electrons. The van der Waals surface area contributed by atoms with E-state index < -0.39 is 8.80 Å². The Morgan fingerprint density at radius 3 is 2.10 bits per heavy atom. The van der Waals surface area contributed by atoms with Gasteiger partial charge in [0.15, 0.2) is 0 Å². The van der Waals surface area contributed by atoms with E-state index >= 15 is 0 Å². The summed E-state index contributed by atoms with van der Waals surface area (Å²) in [6.45, 7) is 7.22. The molecule has 0 spiro atoms. The third-order valence-electron chi connectivity index (χ3n) is 2.44. The third kappa shape index (κ3) is 1.60. The van der Waals surface area contributed by atoms with Crippen molar-refractivity contribution in [2.45, 2.75) is 25.6 Å². The molecule has 0 fully saturated rings. The zero-order chi connectivity index (χ0) is 7.56. The van der Waals surface area contributed by atoms with Crippen LogP contribution in [0.3, 0.4) is 0 Å². The van der Waals surface area contributed by atoms with Crippen LogP contribution in [-0.4, -0.2) is 8.80 Å². The molecule has 1 heteroatoms. The van der Waals surface area contributed by atoms with Crippen molar-refractivity contribution in [2.24, 2.45) is 5.92 Å². The Labute approximate surface area is 65.3 Å². The molecule has 0 aromatic heterocycles. The van der Waals surface area contributed by atoms with Crippen LogP contribution in [0.4, 0.5) is 0 Å². The van der Waals surface area contributed by atoms with Crippen molar-refractivity contribution in [3.8, 4) is 0 Å². The summed E-state index contributed by atoms with van der Waals surface area (Å²) in [6.07, 6.45) is 8.96. The van der Waals surface area contributed by atoms with Crippen LogP contribution in [0.15, 0.2) is 24.3 Å². The van der Waals surface area contributed by atoms with Gasteiger partial charge >= 0.3 is 0 Å². The molecule has 0 nitrogen and oxygen atoms in total. The molecule has 56 valence electrons. The average Bonchev–Trinajstić information content (AvgIpc) is 2.36. The van der Waals surface area contributed by atoms with Gasteiger partial charge in [-0.2, -0.15) is 0 Å². The maximum Gasteiger partial charge on any atom is 0.0344 e. The van der Waals surface area contributed by atoms with Crippen LogP contribution in [0.2, 0.25) is 18.6 Å². The van der Waals surface area contributed by atoms with Gasteiger partial charge in [0.2, 0.25) is 0 Å². The summed E-state index contributed by atoms with van der Waals surface area (Å²) in [5.41, 5.74) is 0.926. The molecular formula is C9H16Si. The minimum Gasteiger partial charge on any atom is -0.0777 e. The fraction of sp³-hybridized carbons (Fsp3) is 0.556. The summed E-state index contributed by atoms with van der Waals surface area (Å²) in [5.74, 6) is 0.756. The number of hydrogen-bond donors (Lipinski definition) is 0. The van der Waals surface area contributed by atoms with E-state index in [1.165, 1.54) is 0 Å². The van der Waals surface area contributed by atoms with E-state index in [4.69, 9.17) is 0 Å². The Bertz CT molecular complexity index is 144. The highest BCUT2D eigenvalue weighted by Crippen LogP contribution is 2.26. The Balaban J connectivity index is 2.49. The molecule has 0 heterocycles. The summed E-state index contributed by atoms with van der Waals surface area (Å²) in [6, 6.07) is 0. The first kappa shape index (κ1) is 7.80. The molecule has 1 rings (SSSR count). The largest absolute Gasteiger partial charge is 0.0777 e. The predicted octanol–water partition coefficient (Wildman–Crippen LogP) is 2.61. The maximum absolute atomic E-state index is 2.42. The summed E-state index contributed by atoms with van der Waals surface area (Å²) in [4.78, 5) is 0. The van der Waals surface area contributed by atoms with Gasteiger partial charge in [0, 0.05) is 8.80 Å². The summed E-state index contributed by atoms with van der Waals surface area (Å²) in [7, 11) is -0.420. The van der Waals surface area contributed by atoms with Crippen molar-refractivity contribution < 1.29 is 0 Å². The van der Waals surface area contributed by atoms with Crippen LogP contribution in [0, 0.1) is 5.92 Å². The lowest BCUT2D eigenvalue weighted by atomic mass is 10.1. The van der Waals surface area contributed by atoms with Crippen LogP contribution in [-0.2, 0) is 0 Å². The standard InChI is InChI=1S/C9H16Si/c1-8(10(2)3)9-6-4-5-7-9/h4-10H,1-3H3. The Hall–Kier alpha value is -0.303. The average molecular weight is 152 g/mol. The van der Waals surface area contributed by atoms with Crippen molar-refractivity contribution in [1.82, 2.24) is 0 Å². The fourth-order valence-electron chi connectivity index (χ4n) is 1.24.